The van der Waals surface area contributed by atoms with Gasteiger partial charge in [-0.15, -0.1) is 11.3 Å². The van der Waals surface area contributed by atoms with Crippen LogP contribution in [0.4, 0.5) is 0 Å². The number of nitrogens with one attached hydrogen (secondary N) is 1. The highest BCUT2D eigenvalue weighted by Gasteiger charge is 2.07. The lowest BCUT2D eigenvalue weighted by molar-refractivity contribution is 0.0944. The molecule has 0 bridgehead atoms. The van der Waals surface area contributed by atoms with Crippen molar-refractivity contribution in [3.05, 3.63) is 16.6 Å². The van der Waals surface area contributed by atoms with E-state index in [4.69, 9.17) is 0 Å². The molecule has 0 saturated carbocycles. The first kappa shape index (κ1) is 12.1. The van der Waals surface area contributed by atoms with E-state index in [2.05, 4.69) is 29.0 Å². The van der Waals surface area contributed by atoms with E-state index < -0.39 is 0 Å². The fourth-order valence-electron chi connectivity index (χ4n) is 1.02. The first-order valence-electron chi connectivity index (χ1n) is 4.98. The van der Waals surface area contributed by atoms with Crippen LogP contribution in [0, 0.1) is 0 Å². The fourth-order valence-corrected chi connectivity index (χ4v) is 1.55. The standard InChI is InChI=1S/C10H17N3OS/c1-8(2)13(3)5-4-11-10(14)9-6-15-7-12-9/h6-8H,4-5H2,1-3H3,(H,11,14). The molecule has 0 aliphatic rings. The van der Waals surface area contributed by atoms with Crippen molar-refractivity contribution < 1.29 is 4.79 Å². The Balaban J connectivity index is 2.24. The Morgan fingerprint density at radius 2 is 2.40 bits per heavy atom. The van der Waals surface area contributed by atoms with E-state index in [1.807, 2.05) is 7.05 Å². The Morgan fingerprint density at radius 1 is 1.67 bits per heavy atom. The molecular weight excluding hydrogens is 210 g/mol. The van der Waals surface area contributed by atoms with Crippen LogP contribution in [0.15, 0.2) is 10.9 Å². The molecule has 84 valence electrons. The maximum atomic E-state index is 11.5. The van der Waals surface area contributed by atoms with Crippen molar-refractivity contribution in [1.82, 2.24) is 15.2 Å². The van der Waals surface area contributed by atoms with Gasteiger partial charge in [-0.25, -0.2) is 4.98 Å². The quantitative estimate of drug-likeness (QED) is 0.822. The summed E-state index contributed by atoms with van der Waals surface area (Å²) in [5.74, 6) is -0.0894. The first-order chi connectivity index (χ1) is 7.11. The molecule has 1 aromatic heterocycles. The minimum absolute atomic E-state index is 0.0894. The Hall–Kier alpha value is -0.940. The number of aromatic nitrogens is 1. The summed E-state index contributed by atoms with van der Waals surface area (Å²) in [6.07, 6.45) is 0. The number of likely N-dealkylation sites (N-methyl/N-ethyl adjacent to an activating group) is 1. The van der Waals surface area contributed by atoms with Gasteiger partial charge in [-0.05, 0) is 20.9 Å². The monoisotopic (exact) mass is 227 g/mol. The van der Waals surface area contributed by atoms with Gasteiger partial charge in [-0.2, -0.15) is 0 Å². The van der Waals surface area contributed by atoms with Crippen LogP contribution >= 0.6 is 11.3 Å². The minimum Gasteiger partial charge on any atom is -0.349 e. The van der Waals surface area contributed by atoms with Gasteiger partial charge in [0.25, 0.3) is 5.91 Å². The summed E-state index contributed by atoms with van der Waals surface area (Å²) in [4.78, 5) is 17.6. The smallest absolute Gasteiger partial charge is 0.270 e. The molecule has 1 rings (SSSR count). The van der Waals surface area contributed by atoms with E-state index in [0.29, 0.717) is 18.3 Å². The van der Waals surface area contributed by atoms with Gasteiger partial charge in [0.15, 0.2) is 0 Å². The Kier molecular flexibility index (Phi) is 4.71. The molecule has 0 aromatic carbocycles. The van der Waals surface area contributed by atoms with E-state index in [9.17, 15) is 4.79 Å². The Morgan fingerprint density at radius 3 is 2.93 bits per heavy atom. The molecule has 0 spiro atoms. The summed E-state index contributed by atoms with van der Waals surface area (Å²) >= 11 is 1.43. The number of rotatable bonds is 5. The van der Waals surface area contributed by atoms with Crippen LogP contribution in [-0.2, 0) is 0 Å². The molecule has 5 heteroatoms. The zero-order chi connectivity index (χ0) is 11.3. The Bertz CT molecular complexity index is 298. The summed E-state index contributed by atoms with van der Waals surface area (Å²) in [7, 11) is 2.04. The number of thiazole rings is 1. The maximum absolute atomic E-state index is 11.5. The number of amides is 1. The fraction of sp³-hybridized carbons (Fsp3) is 0.600. The van der Waals surface area contributed by atoms with Gasteiger partial charge in [0, 0.05) is 24.5 Å². The molecule has 0 aliphatic carbocycles. The normalized spacial score (nSPS) is 11.0. The highest BCUT2D eigenvalue weighted by Crippen LogP contribution is 2.00. The lowest BCUT2D eigenvalue weighted by Crippen LogP contribution is -2.36. The third-order valence-corrected chi connectivity index (χ3v) is 2.88. The summed E-state index contributed by atoms with van der Waals surface area (Å²) in [6, 6.07) is 0.501. The van der Waals surface area contributed by atoms with Gasteiger partial charge < -0.3 is 10.2 Å². The molecule has 0 saturated heterocycles. The summed E-state index contributed by atoms with van der Waals surface area (Å²) in [6.45, 7) is 5.77. The Labute approximate surface area is 94.3 Å². The van der Waals surface area contributed by atoms with E-state index in [1.54, 1.807) is 10.9 Å². The van der Waals surface area contributed by atoms with Crippen LogP contribution in [-0.4, -0.2) is 42.0 Å². The third kappa shape index (κ3) is 3.97. The molecule has 0 unspecified atom stereocenters. The zero-order valence-corrected chi connectivity index (χ0v) is 10.2. The van der Waals surface area contributed by atoms with Crippen LogP contribution in [0.2, 0.25) is 0 Å². The van der Waals surface area contributed by atoms with E-state index in [1.165, 1.54) is 11.3 Å². The number of hydrogen-bond acceptors (Lipinski definition) is 4. The van der Waals surface area contributed by atoms with Crippen molar-refractivity contribution in [2.24, 2.45) is 0 Å². The minimum atomic E-state index is -0.0894. The highest BCUT2D eigenvalue weighted by atomic mass is 32.1. The van der Waals surface area contributed by atoms with Gasteiger partial charge in [-0.3, -0.25) is 4.79 Å². The van der Waals surface area contributed by atoms with E-state index >= 15 is 0 Å². The summed E-state index contributed by atoms with van der Waals surface area (Å²) in [5, 5.41) is 4.59. The van der Waals surface area contributed by atoms with Gasteiger partial charge >= 0.3 is 0 Å². The largest absolute Gasteiger partial charge is 0.349 e. The van der Waals surface area contributed by atoms with Crippen LogP contribution < -0.4 is 5.32 Å². The van der Waals surface area contributed by atoms with E-state index in [0.717, 1.165) is 6.54 Å². The maximum Gasteiger partial charge on any atom is 0.270 e. The first-order valence-corrected chi connectivity index (χ1v) is 5.92. The molecule has 1 aromatic rings. The van der Waals surface area contributed by atoms with Crippen LogP contribution in [0.3, 0.4) is 0 Å². The number of carbonyl (C=O) groups is 1. The van der Waals surface area contributed by atoms with E-state index in [-0.39, 0.29) is 5.91 Å². The highest BCUT2D eigenvalue weighted by molar-refractivity contribution is 7.07. The van der Waals surface area contributed by atoms with Crippen molar-refractivity contribution in [3.8, 4) is 0 Å². The second kappa shape index (κ2) is 5.82. The lowest BCUT2D eigenvalue weighted by Gasteiger charge is -2.20. The number of carbonyl (C=O) groups excluding carboxylic acids is 1. The second-order valence-electron chi connectivity index (χ2n) is 3.70. The lowest BCUT2D eigenvalue weighted by atomic mass is 10.3. The van der Waals surface area contributed by atoms with Crippen molar-refractivity contribution in [2.45, 2.75) is 19.9 Å². The third-order valence-electron chi connectivity index (χ3n) is 2.30. The molecule has 4 nitrogen and oxygen atoms in total. The van der Waals surface area contributed by atoms with Crippen LogP contribution in [0.5, 0.6) is 0 Å². The zero-order valence-electron chi connectivity index (χ0n) is 9.36. The van der Waals surface area contributed by atoms with Crippen molar-refractivity contribution in [2.75, 3.05) is 20.1 Å². The van der Waals surface area contributed by atoms with Crippen LogP contribution in [0.1, 0.15) is 24.3 Å². The molecule has 15 heavy (non-hydrogen) atoms. The van der Waals surface area contributed by atoms with Gasteiger partial charge in [-0.1, -0.05) is 0 Å². The second-order valence-corrected chi connectivity index (χ2v) is 4.42. The van der Waals surface area contributed by atoms with Crippen molar-refractivity contribution in [1.29, 1.82) is 0 Å². The topological polar surface area (TPSA) is 45.2 Å². The summed E-state index contributed by atoms with van der Waals surface area (Å²) < 4.78 is 0. The molecule has 0 fully saturated rings. The van der Waals surface area contributed by atoms with Gasteiger partial charge in [0.1, 0.15) is 5.69 Å². The predicted molar refractivity (Wildman–Crippen MR) is 62.2 cm³/mol. The average molecular weight is 227 g/mol. The SMILES string of the molecule is CC(C)N(C)CCNC(=O)c1cscn1. The molecule has 0 aliphatic heterocycles. The molecular formula is C10H17N3OS. The van der Waals surface area contributed by atoms with Crippen molar-refractivity contribution in [3.63, 3.8) is 0 Å². The molecule has 0 radical (unpaired) electrons. The van der Waals surface area contributed by atoms with Crippen molar-refractivity contribution >= 4 is 17.2 Å². The van der Waals surface area contributed by atoms with Gasteiger partial charge in [0.05, 0.1) is 5.51 Å². The predicted octanol–water partition coefficient (Wildman–Crippen LogP) is 1.21. The molecule has 1 heterocycles. The summed E-state index contributed by atoms with van der Waals surface area (Å²) in [5.41, 5.74) is 2.17. The number of nitrogens with zero attached hydrogens (tertiary/aromatic N) is 2. The number of hydrogen-bond donors (Lipinski definition) is 1. The van der Waals surface area contributed by atoms with Crippen LogP contribution in [0.25, 0.3) is 0 Å². The molecule has 0 atom stereocenters. The molecule has 1 N–H and O–H groups in total. The van der Waals surface area contributed by atoms with Gasteiger partial charge in [0.2, 0.25) is 0 Å². The molecule has 1 amide bonds. The average Bonchev–Trinajstić information content (AvgIpc) is 2.70.